The topological polar surface area (TPSA) is 73.9 Å². The maximum absolute atomic E-state index is 13.0. The predicted octanol–water partition coefficient (Wildman–Crippen LogP) is 3.19. The number of urea groups is 1. The highest BCUT2D eigenvalue weighted by molar-refractivity contribution is 5.90. The zero-order valence-corrected chi connectivity index (χ0v) is 19.0. The first-order valence-corrected chi connectivity index (χ1v) is 11.2. The molecule has 2 aromatic carbocycles. The molecule has 7 heteroatoms. The second kappa shape index (κ2) is 9.20. The summed E-state index contributed by atoms with van der Waals surface area (Å²) in [5.41, 5.74) is 1.72. The molecule has 0 aromatic heterocycles. The predicted molar refractivity (Wildman–Crippen MR) is 125 cm³/mol. The summed E-state index contributed by atoms with van der Waals surface area (Å²) in [7, 11) is 1.60. The standard InChI is InChI=1S/C25H32N4O3/c1-18(2)26-23(30)22-14-28(13-19-8-5-4-6-9-19)15-25(22)16-29(17-25)24(31)27-20-10-7-11-21(12-20)32-3/h4-12,18,22H,13-17H2,1-3H3,(H,26,30)(H,27,31). The minimum Gasteiger partial charge on any atom is -0.497 e. The molecule has 1 spiro atoms. The Morgan fingerprint density at radius 1 is 1.09 bits per heavy atom. The lowest BCUT2D eigenvalue weighted by Crippen LogP contribution is -2.65. The molecule has 0 bridgehead atoms. The van der Waals surface area contributed by atoms with Gasteiger partial charge in [-0.05, 0) is 31.5 Å². The maximum Gasteiger partial charge on any atom is 0.321 e. The summed E-state index contributed by atoms with van der Waals surface area (Å²) in [5.74, 6) is 0.651. The van der Waals surface area contributed by atoms with E-state index < -0.39 is 0 Å². The van der Waals surface area contributed by atoms with Crippen LogP contribution in [0.4, 0.5) is 10.5 Å². The third-order valence-electron chi connectivity index (χ3n) is 6.33. The van der Waals surface area contributed by atoms with Crippen molar-refractivity contribution in [2.24, 2.45) is 11.3 Å². The number of carbonyl (C=O) groups is 2. The van der Waals surface area contributed by atoms with Crippen molar-refractivity contribution in [1.29, 1.82) is 0 Å². The van der Waals surface area contributed by atoms with Crippen LogP contribution in [-0.4, -0.2) is 61.1 Å². The average molecular weight is 437 g/mol. The van der Waals surface area contributed by atoms with Gasteiger partial charge in [0.1, 0.15) is 5.75 Å². The molecule has 7 nitrogen and oxygen atoms in total. The normalized spacial score (nSPS) is 19.6. The van der Waals surface area contributed by atoms with Crippen LogP contribution < -0.4 is 15.4 Å². The van der Waals surface area contributed by atoms with E-state index in [0.29, 0.717) is 31.1 Å². The number of anilines is 1. The van der Waals surface area contributed by atoms with Crippen molar-refractivity contribution in [3.05, 3.63) is 60.2 Å². The molecule has 4 rings (SSSR count). The van der Waals surface area contributed by atoms with Gasteiger partial charge in [-0.25, -0.2) is 4.79 Å². The Labute approximate surface area is 189 Å². The number of hydrogen-bond donors (Lipinski definition) is 2. The van der Waals surface area contributed by atoms with E-state index in [-0.39, 0.29) is 29.3 Å². The number of methoxy groups -OCH3 is 1. The quantitative estimate of drug-likeness (QED) is 0.730. The van der Waals surface area contributed by atoms with E-state index in [1.807, 2.05) is 50.2 Å². The Balaban J connectivity index is 1.43. The second-order valence-corrected chi connectivity index (χ2v) is 9.25. The fourth-order valence-corrected chi connectivity index (χ4v) is 4.86. The van der Waals surface area contributed by atoms with Crippen LogP contribution in [0.2, 0.25) is 0 Å². The SMILES string of the molecule is COc1cccc(NC(=O)N2CC3(CN(Cc4ccccc4)CC3C(=O)NC(C)C)C2)c1. The van der Waals surface area contributed by atoms with Crippen molar-refractivity contribution in [3.63, 3.8) is 0 Å². The molecule has 32 heavy (non-hydrogen) atoms. The number of amides is 3. The molecule has 2 N–H and O–H groups in total. The molecule has 2 fully saturated rings. The molecule has 2 aliphatic heterocycles. The van der Waals surface area contributed by atoms with Crippen LogP contribution in [0.1, 0.15) is 19.4 Å². The fraction of sp³-hybridized carbons (Fsp3) is 0.440. The molecular weight excluding hydrogens is 404 g/mol. The van der Waals surface area contributed by atoms with E-state index in [2.05, 4.69) is 27.7 Å². The van der Waals surface area contributed by atoms with Gasteiger partial charge in [-0.1, -0.05) is 36.4 Å². The lowest BCUT2D eigenvalue weighted by atomic mass is 9.71. The van der Waals surface area contributed by atoms with Crippen molar-refractivity contribution in [2.45, 2.75) is 26.4 Å². The highest BCUT2D eigenvalue weighted by Gasteiger charge is 2.57. The lowest BCUT2D eigenvalue weighted by molar-refractivity contribution is -0.131. The van der Waals surface area contributed by atoms with Gasteiger partial charge in [0.05, 0.1) is 13.0 Å². The number of nitrogens with one attached hydrogen (secondary N) is 2. The second-order valence-electron chi connectivity index (χ2n) is 9.25. The fourth-order valence-electron chi connectivity index (χ4n) is 4.86. The molecule has 0 aliphatic carbocycles. The number of carbonyl (C=O) groups excluding carboxylic acids is 2. The largest absolute Gasteiger partial charge is 0.497 e. The lowest BCUT2D eigenvalue weighted by Gasteiger charge is -2.50. The highest BCUT2D eigenvalue weighted by Crippen LogP contribution is 2.44. The van der Waals surface area contributed by atoms with E-state index in [9.17, 15) is 9.59 Å². The van der Waals surface area contributed by atoms with Crippen molar-refractivity contribution in [2.75, 3.05) is 38.6 Å². The van der Waals surface area contributed by atoms with Gasteiger partial charge in [0.15, 0.2) is 0 Å². The van der Waals surface area contributed by atoms with Gasteiger partial charge >= 0.3 is 6.03 Å². The molecule has 0 radical (unpaired) electrons. The Bertz CT molecular complexity index is 957. The molecule has 1 atom stereocenters. The van der Waals surface area contributed by atoms with E-state index in [1.54, 1.807) is 18.1 Å². The van der Waals surface area contributed by atoms with Crippen molar-refractivity contribution in [3.8, 4) is 5.75 Å². The number of nitrogens with zero attached hydrogens (tertiary/aromatic N) is 2. The van der Waals surface area contributed by atoms with Gasteiger partial charge in [-0.3, -0.25) is 9.69 Å². The summed E-state index contributed by atoms with van der Waals surface area (Å²) >= 11 is 0. The van der Waals surface area contributed by atoms with E-state index in [0.717, 1.165) is 13.1 Å². The molecule has 1 unspecified atom stereocenters. The Hall–Kier alpha value is -3.06. The molecule has 0 saturated carbocycles. The zero-order valence-electron chi connectivity index (χ0n) is 19.0. The van der Waals surface area contributed by atoms with Crippen molar-refractivity contribution >= 4 is 17.6 Å². The van der Waals surface area contributed by atoms with Crippen LogP contribution in [0.25, 0.3) is 0 Å². The van der Waals surface area contributed by atoms with Gasteiger partial charge < -0.3 is 20.3 Å². The third-order valence-corrected chi connectivity index (χ3v) is 6.33. The molecule has 170 valence electrons. The highest BCUT2D eigenvalue weighted by atomic mass is 16.5. The zero-order chi connectivity index (χ0) is 22.7. The molecule has 2 heterocycles. The van der Waals surface area contributed by atoms with Gasteiger partial charge in [-0.2, -0.15) is 0 Å². The molecule has 2 aliphatic rings. The summed E-state index contributed by atoms with van der Waals surface area (Å²) in [4.78, 5) is 30.0. The monoisotopic (exact) mass is 436 g/mol. The van der Waals surface area contributed by atoms with Crippen LogP contribution in [0.3, 0.4) is 0 Å². The van der Waals surface area contributed by atoms with Gasteiger partial charge in [0.2, 0.25) is 5.91 Å². The summed E-state index contributed by atoms with van der Waals surface area (Å²) in [6.07, 6.45) is 0. The molecule has 3 amide bonds. The number of rotatable bonds is 6. The van der Waals surface area contributed by atoms with Gasteiger partial charge in [0, 0.05) is 55.9 Å². The summed E-state index contributed by atoms with van der Waals surface area (Å²) < 4.78 is 5.23. The third kappa shape index (κ3) is 4.72. The smallest absolute Gasteiger partial charge is 0.321 e. The first kappa shape index (κ1) is 22.1. The number of hydrogen-bond acceptors (Lipinski definition) is 4. The first-order valence-electron chi connectivity index (χ1n) is 11.2. The van der Waals surface area contributed by atoms with E-state index in [1.165, 1.54) is 5.56 Å². The van der Waals surface area contributed by atoms with Crippen LogP contribution >= 0.6 is 0 Å². The molecule has 2 saturated heterocycles. The van der Waals surface area contributed by atoms with Crippen LogP contribution in [-0.2, 0) is 11.3 Å². The Kier molecular flexibility index (Phi) is 6.37. The van der Waals surface area contributed by atoms with Crippen LogP contribution in [0.15, 0.2) is 54.6 Å². The van der Waals surface area contributed by atoms with Crippen LogP contribution in [0, 0.1) is 11.3 Å². The molecule has 2 aromatic rings. The summed E-state index contributed by atoms with van der Waals surface area (Å²) in [6, 6.07) is 17.6. The van der Waals surface area contributed by atoms with Crippen LogP contribution in [0.5, 0.6) is 5.75 Å². The van der Waals surface area contributed by atoms with Crippen molar-refractivity contribution < 1.29 is 14.3 Å². The van der Waals surface area contributed by atoms with E-state index >= 15 is 0 Å². The number of benzene rings is 2. The summed E-state index contributed by atoms with van der Waals surface area (Å²) in [6.45, 7) is 7.43. The Morgan fingerprint density at radius 2 is 1.84 bits per heavy atom. The number of ether oxygens (including phenoxy) is 1. The Morgan fingerprint density at radius 3 is 2.53 bits per heavy atom. The van der Waals surface area contributed by atoms with E-state index in [4.69, 9.17) is 4.74 Å². The number of likely N-dealkylation sites (tertiary alicyclic amines) is 2. The summed E-state index contributed by atoms with van der Waals surface area (Å²) in [5, 5.41) is 6.04. The van der Waals surface area contributed by atoms with Crippen molar-refractivity contribution in [1.82, 2.24) is 15.1 Å². The maximum atomic E-state index is 13.0. The molecular formula is C25H32N4O3. The average Bonchev–Trinajstić information content (AvgIpc) is 3.12. The minimum absolute atomic E-state index is 0.0865. The van der Waals surface area contributed by atoms with Gasteiger partial charge in [0.25, 0.3) is 0 Å². The van der Waals surface area contributed by atoms with Gasteiger partial charge in [-0.15, -0.1) is 0 Å². The first-order chi connectivity index (χ1) is 15.4. The minimum atomic E-state index is -0.209.